The zero-order valence-electron chi connectivity index (χ0n) is 17.8. The van der Waals surface area contributed by atoms with E-state index in [1.807, 2.05) is 0 Å². The first-order chi connectivity index (χ1) is 13.9. The van der Waals surface area contributed by atoms with Crippen LogP contribution in [0.3, 0.4) is 0 Å². The summed E-state index contributed by atoms with van der Waals surface area (Å²) in [5, 5.41) is 10.3. The summed E-state index contributed by atoms with van der Waals surface area (Å²) >= 11 is 0. The first kappa shape index (κ1) is 21.2. The molecule has 0 bridgehead atoms. The second-order valence-electron chi connectivity index (χ2n) is 10.1. The molecule has 0 aromatic heterocycles. The van der Waals surface area contributed by atoms with Gasteiger partial charge in [-0.15, -0.1) is 0 Å². The molecule has 3 aliphatic carbocycles. The molecule has 4 fully saturated rings. The van der Waals surface area contributed by atoms with Gasteiger partial charge in [0.15, 0.2) is 0 Å². The molecule has 162 valence electrons. The number of alkyl halides is 2. The van der Waals surface area contributed by atoms with Crippen LogP contribution in [0.4, 0.5) is 8.78 Å². The Morgan fingerprint density at radius 1 is 1.14 bits per heavy atom. The van der Waals surface area contributed by atoms with Crippen molar-refractivity contribution >= 4 is 0 Å². The van der Waals surface area contributed by atoms with Gasteiger partial charge in [0.2, 0.25) is 6.43 Å². The van der Waals surface area contributed by atoms with Crippen LogP contribution < -0.4 is 0 Å². The first-order valence-corrected chi connectivity index (χ1v) is 11.7. The van der Waals surface area contributed by atoms with Gasteiger partial charge in [0, 0.05) is 19.0 Å². The molecule has 2 nitrogen and oxygen atoms in total. The van der Waals surface area contributed by atoms with Gasteiger partial charge in [0.25, 0.3) is 0 Å². The SMILES string of the molecule is C=C1/C(=C\C=C2/CCCC3C2CC[C@@H]3CCN2CC(C(F)F)C2)CC[C@H](C)C1O. The molecule has 1 saturated heterocycles. The molecular weight excluding hydrogens is 368 g/mol. The van der Waals surface area contributed by atoms with Crippen molar-refractivity contribution in [2.24, 2.45) is 29.6 Å². The summed E-state index contributed by atoms with van der Waals surface area (Å²) in [6.07, 6.45) is 11.6. The fourth-order valence-corrected chi connectivity index (χ4v) is 6.27. The van der Waals surface area contributed by atoms with Crippen molar-refractivity contribution in [2.45, 2.75) is 70.8 Å². The highest BCUT2D eigenvalue weighted by Crippen LogP contribution is 2.50. The summed E-state index contributed by atoms with van der Waals surface area (Å²) in [6.45, 7) is 8.42. The number of likely N-dealkylation sites (tertiary alicyclic amines) is 1. The van der Waals surface area contributed by atoms with Crippen molar-refractivity contribution in [3.63, 3.8) is 0 Å². The van der Waals surface area contributed by atoms with Crippen molar-refractivity contribution < 1.29 is 13.9 Å². The van der Waals surface area contributed by atoms with Crippen LogP contribution in [0, 0.1) is 29.6 Å². The molecule has 0 aromatic rings. The molecule has 5 atom stereocenters. The van der Waals surface area contributed by atoms with E-state index in [1.54, 1.807) is 5.57 Å². The number of hydrogen-bond acceptors (Lipinski definition) is 2. The van der Waals surface area contributed by atoms with E-state index in [4.69, 9.17) is 0 Å². The number of halogens is 2. The molecule has 4 heteroatoms. The zero-order valence-corrected chi connectivity index (χ0v) is 17.8. The van der Waals surface area contributed by atoms with Gasteiger partial charge >= 0.3 is 0 Å². The van der Waals surface area contributed by atoms with E-state index in [0.29, 0.717) is 24.9 Å². The normalized spacial score (nSPS) is 39.3. The Balaban J connectivity index is 1.33. The Morgan fingerprint density at radius 2 is 1.93 bits per heavy atom. The lowest BCUT2D eigenvalue weighted by Gasteiger charge is -2.40. The molecule has 29 heavy (non-hydrogen) atoms. The maximum atomic E-state index is 12.7. The molecule has 0 aromatic carbocycles. The molecule has 3 saturated carbocycles. The maximum Gasteiger partial charge on any atom is 0.243 e. The number of aliphatic hydroxyl groups is 1. The second kappa shape index (κ2) is 9.01. The summed E-state index contributed by atoms with van der Waals surface area (Å²) in [6, 6.07) is 0. The standard InChI is InChI=1S/C25H37F2NO/c1-16-6-7-18(17(2)24(16)29)8-9-19-4-3-5-22-20(10-11-23(19)22)12-13-28-14-21(15-28)25(26)27/h8-9,16,20-25,29H,2-7,10-15H2,1H3/b18-8-,19-9+/t16-,20+,22?,23?,24?/m0/s1. The third-order valence-electron chi connectivity index (χ3n) is 8.28. The first-order valence-electron chi connectivity index (χ1n) is 11.7. The number of nitrogens with zero attached hydrogens (tertiary/aromatic N) is 1. The number of hydrogen-bond donors (Lipinski definition) is 1. The lowest BCUT2D eigenvalue weighted by atomic mass is 9.74. The van der Waals surface area contributed by atoms with Crippen LogP contribution in [-0.2, 0) is 0 Å². The van der Waals surface area contributed by atoms with Crippen LogP contribution in [0.5, 0.6) is 0 Å². The highest BCUT2D eigenvalue weighted by Gasteiger charge is 2.40. The Morgan fingerprint density at radius 3 is 2.69 bits per heavy atom. The largest absolute Gasteiger partial charge is 0.388 e. The molecule has 0 spiro atoms. The molecule has 4 aliphatic rings. The lowest BCUT2D eigenvalue weighted by Crippen LogP contribution is -2.50. The summed E-state index contributed by atoms with van der Waals surface area (Å²) in [7, 11) is 0. The van der Waals surface area contributed by atoms with Crippen LogP contribution in [-0.4, -0.2) is 42.2 Å². The Hall–Kier alpha value is -1.00. The summed E-state index contributed by atoms with van der Waals surface area (Å²) in [5.74, 6) is 2.16. The van der Waals surface area contributed by atoms with Crippen molar-refractivity contribution in [1.82, 2.24) is 4.90 Å². The molecule has 1 N–H and O–H groups in total. The van der Waals surface area contributed by atoms with Gasteiger partial charge in [-0.2, -0.15) is 0 Å². The average molecular weight is 406 g/mol. The van der Waals surface area contributed by atoms with Crippen LogP contribution in [0.15, 0.2) is 35.5 Å². The number of aliphatic hydroxyl groups excluding tert-OH is 1. The molecule has 1 aliphatic heterocycles. The van der Waals surface area contributed by atoms with E-state index in [-0.39, 0.29) is 5.92 Å². The minimum Gasteiger partial charge on any atom is -0.388 e. The van der Waals surface area contributed by atoms with Crippen molar-refractivity contribution in [2.75, 3.05) is 19.6 Å². The van der Waals surface area contributed by atoms with E-state index in [0.717, 1.165) is 36.8 Å². The highest BCUT2D eigenvalue weighted by atomic mass is 19.3. The third kappa shape index (κ3) is 4.54. The van der Waals surface area contributed by atoms with Crippen LogP contribution in [0.1, 0.15) is 58.3 Å². The fourth-order valence-electron chi connectivity index (χ4n) is 6.27. The van der Waals surface area contributed by atoms with Gasteiger partial charge in [-0.25, -0.2) is 8.78 Å². The van der Waals surface area contributed by atoms with Gasteiger partial charge in [0.1, 0.15) is 0 Å². The highest BCUT2D eigenvalue weighted by molar-refractivity contribution is 5.38. The number of fused-ring (bicyclic) bond motifs is 1. The van der Waals surface area contributed by atoms with E-state index < -0.39 is 12.5 Å². The molecule has 3 unspecified atom stereocenters. The van der Waals surface area contributed by atoms with E-state index in [9.17, 15) is 13.9 Å². The Labute approximate surface area is 174 Å². The Kier molecular flexibility index (Phi) is 6.60. The molecule has 1 heterocycles. The Bertz CT molecular complexity index is 664. The molecule has 0 radical (unpaired) electrons. The number of allylic oxidation sites excluding steroid dienone is 3. The van der Waals surface area contributed by atoms with Crippen LogP contribution in [0.25, 0.3) is 0 Å². The van der Waals surface area contributed by atoms with Gasteiger partial charge < -0.3 is 10.0 Å². The maximum absolute atomic E-state index is 12.7. The third-order valence-corrected chi connectivity index (χ3v) is 8.28. The van der Waals surface area contributed by atoms with Gasteiger partial charge in [-0.1, -0.05) is 31.2 Å². The zero-order chi connectivity index (χ0) is 20.5. The molecule has 0 amide bonds. The molecule has 4 rings (SSSR count). The topological polar surface area (TPSA) is 23.5 Å². The second-order valence-corrected chi connectivity index (χ2v) is 10.1. The van der Waals surface area contributed by atoms with Gasteiger partial charge in [-0.05, 0) is 92.7 Å². The summed E-state index contributed by atoms with van der Waals surface area (Å²) < 4.78 is 25.3. The van der Waals surface area contributed by atoms with E-state index >= 15 is 0 Å². The smallest absolute Gasteiger partial charge is 0.243 e. The fraction of sp³-hybridized carbons (Fsp3) is 0.760. The summed E-state index contributed by atoms with van der Waals surface area (Å²) in [4.78, 5) is 2.22. The predicted molar refractivity (Wildman–Crippen MR) is 114 cm³/mol. The minimum atomic E-state index is -2.15. The van der Waals surface area contributed by atoms with Crippen LogP contribution in [0.2, 0.25) is 0 Å². The van der Waals surface area contributed by atoms with Crippen molar-refractivity contribution in [3.8, 4) is 0 Å². The minimum absolute atomic E-state index is 0.310. The lowest BCUT2D eigenvalue weighted by molar-refractivity contribution is -0.0266. The predicted octanol–water partition coefficient (Wildman–Crippen LogP) is 5.60. The number of rotatable bonds is 5. The van der Waals surface area contributed by atoms with E-state index in [1.165, 1.54) is 44.1 Å². The monoisotopic (exact) mass is 405 g/mol. The van der Waals surface area contributed by atoms with Crippen molar-refractivity contribution in [1.29, 1.82) is 0 Å². The average Bonchev–Trinajstić information content (AvgIpc) is 3.08. The van der Waals surface area contributed by atoms with Gasteiger partial charge in [0.05, 0.1) is 6.10 Å². The van der Waals surface area contributed by atoms with Crippen molar-refractivity contribution in [3.05, 3.63) is 35.5 Å². The van der Waals surface area contributed by atoms with Gasteiger partial charge in [-0.3, -0.25) is 0 Å². The van der Waals surface area contributed by atoms with E-state index in [2.05, 4.69) is 30.6 Å². The van der Waals surface area contributed by atoms with Crippen LogP contribution >= 0.6 is 0 Å². The summed E-state index contributed by atoms with van der Waals surface area (Å²) in [5.41, 5.74) is 3.74. The quantitative estimate of drug-likeness (QED) is 0.644. The molecular formula is C25H37F2NO.